The first kappa shape index (κ1) is 31.9. The normalized spacial score (nSPS) is 33.5. The van der Waals surface area contributed by atoms with Gasteiger partial charge in [-0.2, -0.15) is 0 Å². The first-order valence-electron chi connectivity index (χ1n) is 16.0. The van der Waals surface area contributed by atoms with E-state index in [1.165, 1.54) is 44.1 Å². The monoisotopic (exact) mass is 573 g/mol. The van der Waals surface area contributed by atoms with Crippen LogP contribution in [-0.4, -0.2) is 50.8 Å². The van der Waals surface area contributed by atoms with E-state index in [1.807, 2.05) is 6.92 Å². The van der Waals surface area contributed by atoms with Gasteiger partial charge in [0.15, 0.2) is 0 Å². The number of aromatic nitrogens is 1. The second kappa shape index (κ2) is 13.5. The summed E-state index contributed by atoms with van der Waals surface area (Å²) in [6.07, 6.45) is 15.8. The van der Waals surface area contributed by atoms with Crippen molar-refractivity contribution in [2.24, 2.45) is 29.1 Å². The molecule has 1 aromatic rings. The molecule has 0 aromatic carbocycles. The molecule has 3 aliphatic carbocycles. The summed E-state index contributed by atoms with van der Waals surface area (Å²) in [5, 5.41) is 41.4. The third-order valence-corrected chi connectivity index (χ3v) is 12.6. The number of nitrogens with zero attached hydrogens (tertiary/aromatic N) is 1. The lowest BCUT2D eigenvalue weighted by molar-refractivity contribution is 0.0609. The number of allylic oxidation sites excluding steroid dienone is 3. The van der Waals surface area contributed by atoms with Gasteiger partial charge in [0.1, 0.15) is 5.01 Å². The molecule has 5 nitrogen and oxygen atoms in total. The highest BCUT2D eigenvalue weighted by atomic mass is 32.1. The van der Waals surface area contributed by atoms with Crippen LogP contribution in [0.1, 0.15) is 114 Å². The highest BCUT2D eigenvalue weighted by Gasteiger charge is 2.50. The van der Waals surface area contributed by atoms with Crippen molar-refractivity contribution < 1.29 is 20.4 Å². The zero-order valence-corrected chi connectivity index (χ0v) is 26.5. The average Bonchev–Trinajstić information content (AvgIpc) is 3.44. The number of thiazole rings is 1. The summed E-state index contributed by atoms with van der Waals surface area (Å²) in [4.78, 5) is 6.05. The molecule has 0 amide bonds. The Balaban J connectivity index is 1.42. The van der Waals surface area contributed by atoms with Crippen LogP contribution in [0.4, 0.5) is 0 Å². The molecule has 6 heteroatoms. The fraction of sp³-hybridized carbons (Fsp3) is 0.794. The van der Waals surface area contributed by atoms with Crippen LogP contribution in [0.5, 0.6) is 0 Å². The molecule has 226 valence electrons. The molecular formula is C34H55NO4S. The van der Waals surface area contributed by atoms with Crippen molar-refractivity contribution in [1.82, 2.24) is 4.98 Å². The Kier molecular flexibility index (Phi) is 10.8. The summed E-state index contributed by atoms with van der Waals surface area (Å²) in [7, 11) is 0. The fourth-order valence-electron chi connectivity index (χ4n) is 8.63. The van der Waals surface area contributed by atoms with Crippen molar-refractivity contribution >= 4 is 11.3 Å². The summed E-state index contributed by atoms with van der Waals surface area (Å²) in [6, 6.07) is 0. The maximum atomic E-state index is 10.7. The average molecular weight is 574 g/mol. The van der Waals surface area contributed by atoms with Crippen molar-refractivity contribution in [3.8, 4) is 0 Å². The van der Waals surface area contributed by atoms with Crippen molar-refractivity contribution in [3.63, 3.8) is 0 Å². The number of hydrogen-bond donors (Lipinski definition) is 4. The summed E-state index contributed by atoms with van der Waals surface area (Å²) >= 11 is 1.69. The molecule has 0 bridgehead atoms. The molecular weight excluding hydrogens is 518 g/mol. The van der Waals surface area contributed by atoms with E-state index in [0.29, 0.717) is 54.8 Å². The molecule has 0 spiro atoms. The van der Waals surface area contributed by atoms with E-state index in [9.17, 15) is 20.4 Å². The van der Waals surface area contributed by atoms with Crippen molar-refractivity contribution in [2.75, 3.05) is 13.2 Å². The predicted molar refractivity (Wildman–Crippen MR) is 164 cm³/mol. The highest BCUT2D eigenvalue weighted by Crippen LogP contribution is 2.60. The number of aryl methyl sites for hydroxylation is 1. The number of fused-ring (bicyclic) bond motifs is 1. The molecule has 40 heavy (non-hydrogen) atoms. The first-order valence-corrected chi connectivity index (χ1v) is 16.8. The summed E-state index contributed by atoms with van der Waals surface area (Å²) in [5.41, 5.74) is 3.79. The van der Waals surface area contributed by atoms with Gasteiger partial charge in [-0.1, -0.05) is 63.8 Å². The largest absolute Gasteiger partial charge is 0.396 e. The summed E-state index contributed by atoms with van der Waals surface area (Å²) < 4.78 is 0. The van der Waals surface area contributed by atoms with Gasteiger partial charge in [0.05, 0.1) is 24.5 Å². The van der Waals surface area contributed by atoms with Crippen molar-refractivity contribution in [2.45, 2.75) is 129 Å². The first-order chi connectivity index (χ1) is 19.0. The van der Waals surface area contributed by atoms with Crippen LogP contribution in [0, 0.1) is 36.0 Å². The van der Waals surface area contributed by atoms with E-state index in [4.69, 9.17) is 4.98 Å². The molecule has 7 atom stereocenters. The number of aliphatic hydroxyl groups excluding tert-OH is 4. The Morgan fingerprint density at radius 1 is 1.10 bits per heavy atom. The minimum atomic E-state index is -0.413. The SMILES string of the molecule is Cc1nc([C@@](CO)(CCCC(C)[C@H]2CCC3/C(=C\C=C4C[C@@H](O)C[C@@H](O)C4)CCC[C@@]32C)C(C)C)sc1CCO. The van der Waals surface area contributed by atoms with Gasteiger partial charge in [-0.15, -0.1) is 11.3 Å². The lowest BCUT2D eigenvalue weighted by atomic mass is 9.60. The molecule has 3 aliphatic rings. The third-order valence-electron chi connectivity index (χ3n) is 11.1. The molecule has 1 aromatic heterocycles. The van der Waals surface area contributed by atoms with Gasteiger partial charge in [0.25, 0.3) is 0 Å². The second-order valence-corrected chi connectivity index (χ2v) is 15.0. The second-order valence-electron chi connectivity index (χ2n) is 14.0. The van der Waals surface area contributed by atoms with Crippen LogP contribution in [0.2, 0.25) is 0 Å². The standard InChI is InChI=1S/C34H55NO4S/c1-22(2)34(21-37,32-35-24(4)31(40-32)14-17-36)16-6-8-23(3)29-12-13-30-26(9-7-15-33(29,30)5)11-10-25-18-27(38)20-28(39)19-25/h10-11,22-23,27-30,36-39H,6-9,12-21H2,1-5H3/b25-10?,26-11-/t23?,27-,28+,29-,30?,33-,34-/m1/s1. The van der Waals surface area contributed by atoms with Gasteiger partial charge in [0.2, 0.25) is 0 Å². The molecule has 1 heterocycles. The van der Waals surface area contributed by atoms with Crippen LogP contribution >= 0.6 is 11.3 Å². The Labute approximate surface area is 246 Å². The van der Waals surface area contributed by atoms with Crippen LogP contribution in [-0.2, 0) is 11.8 Å². The van der Waals surface area contributed by atoms with E-state index >= 15 is 0 Å². The molecule has 4 N–H and O–H groups in total. The predicted octanol–water partition coefficient (Wildman–Crippen LogP) is 6.65. The van der Waals surface area contributed by atoms with Gasteiger partial charge in [-0.25, -0.2) is 4.98 Å². The van der Waals surface area contributed by atoms with Gasteiger partial charge < -0.3 is 20.4 Å². The number of rotatable bonds is 11. The van der Waals surface area contributed by atoms with E-state index in [2.05, 4.69) is 39.8 Å². The Morgan fingerprint density at radius 2 is 1.82 bits per heavy atom. The fourth-order valence-corrected chi connectivity index (χ4v) is 10.0. The van der Waals surface area contributed by atoms with Gasteiger partial charge in [-0.3, -0.25) is 0 Å². The summed E-state index contributed by atoms with van der Waals surface area (Å²) in [6.45, 7) is 11.7. The van der Waals surface area contributed by atoms with E-state index in [0.717, 1.165) is 28.4 Å². The topological polar surface area (TPSA) is 93.8 Å². The van der Waals surface area contributed by atoms with Crippen LogP contribution in [0.3, 0.4) is 0 Å². The third kappa shape index (κ3) is 6.62. The smallest absolute Gasteiger partial charge is 0.102 e. The minimum Gasteiger partial charge on any atom is -0.396 e. The van der Waals surface area contributed by atoms with E-state index in [1.54, 1.807) is 16.9 Å². The van der Waals surface area contributed by atoms with Gasteiger partial charge in [-0.05, 0) is 93.8 Å². The van der Waals surface area contributed by atoms with Crippen molar-refractivity contribution in [3.05, 3.63) is 38.9 Å². The molecule has 0 saturated heterocycles. The van der Waals surface area contributed by atoms with E-state index < -0.39 is 12.2 Å². The van der Waals surface area contributed by atoms with Crippen LogP contribution in [0.15, 0.2) is 23.3 Å². The molecule has 4 rings (SSSR count). The van der Waals surface area contributed by atoms with Crippen LogP contribution in [0.25, 0.3) is 0 Å². The van der Waals surface area contributed by atoms with Gasteiger partial charge >= 0.3 is 0 Å². The quantitative estimate of drug-likeness (QED) is 0.238. The maximum absolute atomic E-state index is 10.7. The number of aliphatic hydroxyl groups is 4. The Bertz CT molecular complexity index is 1030. The van der Waals surface area contributed by atoms with Crippen LogP contribution < -0.4 is 0 Å². The van der Waals surface area contributed by atoms with Crippen molar-refractivity contribution in [1.29, 1.82) is 0 Å². The Hall–Kier alpha value is -1.05. The molecule has 0 radical (unpaired) electrons. The molecule has 2 unspecified atom stereocenters. The molecule has 3 saturated carbocycles. The minimum absolute atomic E-state index is 0.117. The molecule has 0 aliphatic heterocycles. The maximum Gasteiger partial charge on any atom is 0.102 e. The zero-order valence-electron chi connectivity index (χ0n) is 25.7. The zero-order chi connectivity index (χ0) is 29.1. The lowest BCUT2D eigenvalue weighted by Crippen LogP contribution is -2.37. The van der Waals surface area contributed by atoms with Gasteiger partial charge in [0, 0.05) is 23.3 Å². The van der Waals surface area contributed by atoms with E-state index in [-0.39, 0.29) is 18.6 Å². The number of hydrogen-bond acceptors (Lipinski definition) is 6. The lowest BCUT2D eigenvalue weighted by Gasteiger charge is -2.44. The Morgan fingerprint density at radius 3 is 2.48 bits per heavy atom. The molecule has 3 fully saturated rings. The summed E-state index contributed by atoms with van der Waals surface area (Å²) in [5.74, 6) is 2.29. The highest BCUT2D eigenvalue weighted by molar-refractivity contribution is 7.11.